The highest BCUT2D eigenvalue weighted by atomic mass is 16.5. The molecule has 4 rings (SSSR count). The summed E-state index contributed by atoms with van der Waals surface area (Å²) in [6.45, 7) is 2.26. The zero-order valence-electron chi connectivity index (χ0n) is 16.0. The number of piperidine rings is 1. The third-order valence-corrected chi connectivity index (χ3v) is 5.09. The summed E-state index contributed by atoms with van der Waals surface area (Å²) >= 11 is 0. The number of anilines is 1. The first-order chi connectivity index (χ1) is 13.7. The fourth-order valence-electron chi connectivity index (χ4n) is 3.65. The number of rotatable bonds is 7. The first kappa shape index (κ1) is 18.3. The molecule has 2 N–H and O–H groups in total. The predicted octanol–water partition coefficient (Wildman–Crippen LogP) is 2.52. The Balaban J connectivity index is 1.31. The van der Waals surface area contributed by atoms with Crippen LogP contribution in [0, 0.1) is 5.92 Å². The van der Waals surface area contributed by atoms with E-state index in [-0.39, 0.29) is 5.91 Å². The number of benzene rings is 1. The number of amides is 1. The van der Waals surface area contributed by atoms with Gasteiger partial charge in [-0.15, -0.1) is 0 Å². The van der Waals surface area contributed by atoms with E-state index in [9.17, 15) is 4.79 Å². The molecule has 28 heavy (non-hydrogen) atoms. The van der Waals surface area contributed by atoms with Crippen LogP contribution >= 0.6 is 0 Å². The number of oxazole rings is 1. The van der Waals surface area contributed by atoms with Gasteiger partial charge in [0, 0.05) is 50.9 Å². The van der Waals surface area contributed by atoms with Crippen LogP contribution in [0.3, 0.4) is 0 Å². The minimum Gasteiger partial charge on any atom is -0.497 e. The topological polar surface area (TPSA) is 96.3 Å². The van der Waals surface area contributed by atoms with E-state index in [1.54, 1.807) is 19.5 Å². The second kappa shape index (κ2) is 8.33. The molecule has 0 spiro atoms. The van der Waals surface area contributed by atoms with Gasteiger partial charge in [0.2, 0.25) is 5.91 Å². The molecule has 148 valence electrons. The molecule has 1 aliphatic rings. The molecule has 0 saturated carbocycles. The van der Waals surface area contributed by atoms with Gasteiger partial charge >= 0.3 is 0 Å². The van der Waals surface area contributed by atoms with E-state index in [0.29, 0.717) is 31.3 Å². The Kier molecular flexibility index (Phi) is 5.45. The van der Waals surface area contributed by atoms with Crippen LogP contribution in [0.1, 0.15) is 25.1 Å². The van der Waals surface area contributed by atoms with Crippen molar-refractivity contribution in [2.45, 2.75) is 25.7 Å². The maximum Gasteiger partial charge on any atom is 0.298 e. The molecule has 1 fully saturated rings. The van der Waals surface area contributed by atoms with Crippen LogP contribution in [0.15, 0.2) is 35.0 Å². The Hall–Kier alpha value is -3.03. The number of aromatic amines is 1. The van der Waals surface area contributed by atoms with Gasteiger partial charge in [-0.3, -0.25) is 4.79 Å². The zero-order chi connectivity index (χ0) is 19.3. The maximum atomic E-state index is 12.3. The highest BCUT2D eigenvalue weighted by Crippen LogP contribution is 2.29. The van der Waals surface area contributed by atoms with Gasteiger partial charge in [0.05, 0.1) is 7.11 Å². The van der Waals surface area contributed by atoms with Crippen molar-refractivity contribution in [3.8, 4) is 5.75 Å². The number of nitrogens with zero attached hydrogens (tertiary/aromatic N) is 3. The van der Waals surface area contributed by atoms with E-state index in [2.05, 4.69) is 25.2 Å². The van der Waals surface area contributed by atoms with Crippen molar-refractivity contribution in [3.63, 3.8) is 0 Å². The molecule has 0 aliphatic carbocycles. The molecule has 1 aliphatic heterocycles. The van der Waals surface area contributed by atoms with E-state index in [4.69, 9.17) is 9.15 Å². The van der Waals surface area contributed by atoms with Crippen molar-refractivity contribution in [2.24, 2.45) is 5.92 Å². The van der Waals surface area contributed by atoms with E-state index >= 15 is 0 Å². The van der Waals surface area contributed by atoms with Crippen molar-refractivity contribution < 1.29 is 13.9 Å². The van der Waals surface area contributed by atoms with Crippen molar-refractivity contribution in [2.75, 3.05) is 31.6 Å². The first-order valence-corrected chi connectivity index (χ1v) is 9.66. The second-order valence-electron chi connectivity index (χ2n) is 7.12. The van der Waals surface area contributed by atoms with Crippen molar-refractivity contribution >= 4 is 23.0 Å². The molecule has 1 saturated heterocycles. The lowest BCUT2D eigenvalue weighted by molar-refractivity contribution is -0.122. The lowest BCUT2D eigenvalue weighted by Crippen LogP contribution is -2.38. The van der Waals surface area contributed by atoms with Crippen LogP contribution in [0.2, 0.25) is 0 Å². The molecule has 2 aromatic heterocycles. The normalized spacial score (nSPS) is 17.0. The fourth-order valence-corrected chi connectivity index (χ4v) is 3.65. The number of hydrogen-bond donors (Lipinski definition) is 2. The molecule has 3 heterocycles. The van der Waals surface area contributed by atoms with Gasteiger partial charge in [-0.1, -0.05) is 0 Å². The molecule has 0 bridgehead atoms. The van der Waals surface area contributed by atoms with E-state index in [1.165, 1.54) is 0 Å². The fraction of sp³-hybridized carbons (Fsp3) is 0.450. The van der Waals surface area contributed by atoms with Crippen LogP contribution in [0.25, 0.3) is 11.1 Å². The van der Waals surface area contributed by atoms with Gasteiger partial charge < -0.3 is 24.4 Å². The van der Waals surface area contributed by atoms with Crippen LogP contribution in [0.4, 0.5) is 6.01 Å². The van der Waals surface area contributed by atoms with Gasteiger partial charge in [-0.2, -0.15) is 4.98 Å². The summed E-state index contributed by atoms with van der Waals surface area (Å²) in [5.41, 5.74) is 1.53. The van der Waals surface area contributed by atoms with Crippen molar-refractivity contribution in [1.82, 2.24) is 20.3 Å². The van der Waals surface area contributed by atoms with Crippen LogP contribution in [0.5, 0.6) is 5.75 Å². The summed E-state index contributed by atoms with van der Waals surface area (Å²) in [5, 5.41) is 2.99. The van der Waals surface area contributed by atoms with Gasteiger partial charge in [0.1, 0.15) is 17.1 Å². The van der Waals surface area contributed by atoms with Crippen LogP contribution in [-0.2, 0) is 11.2 Å². The molecule has 3 aromatic rings. The summed E-state index contributed by atoms with van der Waals surface area (Å²) in [5.74, 6) is 2.02. The molecular weight excluding hydrogens is 358 g/mol. The number of carbonyl (C=O) groups excluding carboxylic acids is 1. The van der Waals surface area contributed by atoms with Gasteiger partial charge in [0.15, 0.2) is 5.58 Å². The molecular formula is C20H25N5O3. The summed E-state index contributed by atoms with van der Waals surface area (Å²) < 4.78 is 11.2. The van der Waals surface area contributed by atoms with Gasteiger partial charge in [0.25, 0.3) is 6.01 Å². The molecule has 8 nitrogen and oxygen atoms in total. The second-order valence-corrected chi connectivity index (χ2v) is 7.12. The van der Waals surface area contributed by atoms with Gasteiger partial charge in [-0.25, -0.2) is 4.98 Å². The predicted molar refractivity (Wildman–Crippen MR) is 105 cm³/mol. The average molecular weight is 383 g/mol. The maximum absolute atomic E-state index is 12.3. The third-order valence-electron chi connectivity index (χ3n) is 5.09. The minimum absolute atomic E-state index is 0.0840. The number of methoxy groups -OCH3 is 1. The summed E-state index contributed by atoms with van der Waals surface area (Å²) in [7, 11) is 1.64. The molecule has 1 amide bonds. The third kappa shape index (κ3) is 4.27. The minimum atomic E-state index is 0.0840. The Morgan fingerprint density at radius 3 is 3.21 bits per heavy atom. The summed E-state index contributed by atoms with van der Waals surface area (Å²) in [6.07, 6.45) is 6.79. The summed E-state index contributed by atoms with van der Waals surface area (Å²) in [4.78, 5) is 26.2. The standard InChI is InChI=1S/C20H25N5O3/c1-27-15-4-5-17-16(12-15)24-20(28-17)25-10-2-3-14(13-25)11-19(26)23-7-6-18-21-8-9-22-18/h4-5,8-9,12,14H,2-3,6-7,10-11,13H2,1H3,(H,21,22)(H,23,26). The van der Waals surface area contributed by atoms with Crippen LogP contribution in [-0.4, -0.2) is 47.6 Å². The Morgan fingerprint density at radius 2 is 2.39 bits per heavy atom. The molecule has 1 aromatic carbocycles. The number of imidazole rings is 1. The lowest BCUT2D eigenvalue weighted by atomic mass is 9.94. The number of H-pyrrole nitrogens is 1. The Labute approximate surface area is 163 Å². The Bertz CT molecular complexity index is 921. The number of carbonyl (C=O) groups is 1. The van der Waals surface area contributed by atoms with E-state index in [0.717, 1.165) is 48.6 Å². The van der Waals surface area contributed by atoms with E-state index < -0.39 is 0 Å². The molecule has 8 heteroatoms. The van der Waals surface area contributed by atoms with E-state index in [1.807, 2.05) is 18.2 Å². The zero-order valence-corrected chi connectivity index (χ0v) is 16.0. The number of ether oxygens (including phenoxy) is 1. The quantitative estimate of drug-likeness (QED) is 0.651. The molecule has 1 atom stereocenters. The SMILES string of the molecule is COc1ccc2oc(N3CCCC(CC(=O)NCCc4ncc[nH]4)C3)nc2c1. The summed E-state index contributed by atoms with van der Waals surface area (Å²) in [6, 6.07) is 6.23. The molecule has 1 unspecified atom stereocenters. The van der Waals surface area contributed by atoms with Crippen molar-refractivity contribution in [3.05, 3.63) is 36.4 Å². The van der Waals surface area contributed by atoms with Crippen LogP contribution < -0.4 is 15.0 Å². The molecule has 0 radical (unpaired) electrons. The van der Waals surface area contributed by atoms with Gasteiger partial charge in [-0.05, 0) is 30.9 Å². The highest BCUT2D eigenvalue weighted by molar-refractivity contribution is 5.77. The monoisotopic (exact) mass is 383 g/mol. The number of fused-ring (bicyclic) bond motifs is 1. The highest BCUT2D eigenvalue weighted by Gasteiger charge is 2.25. The Morgan fingerprint density at radius 1 is 1.46 bits per heavy atom. The van der Waals surface area contributed by atoms with Crippen molar-refractivity contribution in [1.29, 1.82) is 0 Å². The number of aromatic nitrogens is 3. The average Bonchev–Trinajstić information content (AvgIpc) is 3.37. The first-order valence-electron chi connectivity index (χ1n) is 9.66. The largest absolute Gasteiger partial charge is 0.497 e. The smallest absolute Gasteiger partial charge is 0.298 e. The number of nitrogens with one attached hydrogen (secondary N) is 2. The number of hydrogen-bond acceptors (Lipinski definition) is 6. The lowest BCUT2D eigenvalue weighted by Gasteiger charge is -2.31.